The lowest BCUT2D eigenvalue weighted by Gasteiger charge is -2.20. The SMILES string of the molecule is NC(=O)CCCCC(=O)N(CCO)CCO. The molecule has 0 heterocycles. The number of unbranched alkanes of at least 4 members (excludes halogenated alkanes) is 1. The van der Waals surface area contributed by atoms with E-state index in [0.29, 0.717) is 19.3 Å². The van der Waals surface area contributed by atoms with Crippen LogP contribution in [0, 0.1) is 0 Å². The zero-order chi connectivity index (χ0) is 12.4. The number of hydrogen-bond donors (Lipinski definition) is 3. The Labute approximate surface area is 95.0 Å². The minimum absolute atomic E-state index is 0.118. The monoisotopic (exact) mass is 232 g/mol. The van der Waals surface area contributed by atoms with E-state index < -0.39 is 0 Å². The number of primary amides is 1. The standard InChI is InChI=1S/C10H20N2O4/c11-9(15)3-1-2-4-10(16)12(5-7-13)6-8-14/h13-14H,1-8H2,(H2,11,15). The van der Waals surface area contributed by atoms with Crippen LogP contribution < -0.4 is 5.73 Å². The fourth-order valence-corrected chi connectivity index (χ4v) is 1.34. The van der Waals surface area contributed by atoms with Gasteiger partial charge < -0.3 is 20.8 Å². The van der Waals surface area contributed by atoms with Crippen LogP contribution in [0.15, 0.2) is 0 Å². The van der Waals surface area contributed by atoms with Crippen molar-refractivity contribution in [1.82, 2.24) is 4.90 Å². The second kappa shape index (κ2) is 9.11. The number of amides is 2. The molecular formula is C10H20N2O4. The Hall–Kier alpha value is -1.14. The van der Waals surface area contributed by atoms with E-state index in [-0.39, 0.29) is 44.5 Å². The van der Waals surface area contributed by atoms with Crippen LogP contribution in [0.5, 0.6) is 0 Å². The lowest BCUT2D eigenvalue weighted by Crippen LogP contribution is -2.35. The molecule has 0 aliphatic carbocycles. The first-order valence-electron chi connectivity index (χ1n) is 5.39. The fraction of sp³-hybridized carbons (Fsp3) is 0.800. The minimum atomic E-state index is -0.366. The zero-order valence-corrected chi connectivity index (χ0v) is 9.39. The van der Waals surface area contributed by atoms with Crippen LogP contribution in [0.1, 0.15) is 25.7 Å². The number of hydrogen-bond acceptors (Lipinski definition) is 4. The highest BCUT2D eigenvalue weighted by Crippen LogP contribution is 2.03. The third-order valence-electron chi connectivity index (χ3n) is 2.16. The van der Waals surface area contributed by atoms with Gasteiger partial charge in [0.15, 0.2) is 0 Å². The molecule has 0 unspecified atom stereocenters. The Bertz CT molecular complexity index is 215. The molecule has 0 aliphatic rings. The van der Waals surface area contributed by atoms with Crippen molar-refractivity contribution in [3.8, 4) is 0 Å². The largest absolute Gasteiger partial charge is 0.395 e. The van der Waals surface area contributed by atoms with Gasteiger partial charge in [-0.3, -0.25) is 9.59 Å². The molecule has 0 aromatic carbocycles. The number of nitrogens with zero attached hydrogens (tertiary/aromatic N) is 1. The van der Waals surface area contributed by atoms with E-state index in [1.165, 1.54) is 4.90 Å². The van der Waals surface area contributed by atoms with Crippen LogP contribution in [0.4, 0.5) is 0 Å². The van der Waals surface area contributed by atoms with Crippen LogP contribution in [-0.2, 0) is 9.59 Å². The quantitative estimate of drug-likeness (QED) is 0.436. The Morgan fingerprint density at radius 3 is 1.94 bits per heavy atom. The summed E-state index contributed by atoms with van der Waals surface area (Å²) < 4.78 is 0. The molecule has 16 heavy (non-hydrogen) atoms. The van der Waals surface area contributed by atoms with Gasteiger partial charge in [-0.2, -0.15) is 0 Å². The minimum Gasteiger partial charge on any atom is -0.395 e. The van der Waals surface area contributed by atoms with E-state index >= 15 is 0 Å². The highest BCUT2D eigenvalue weighted by molar-refractivity contribution is 5.76. The topological polar surface area (TPSA) is 104 Å². The van der Waals surface area contributed by atoms with Crippen molar-refractivity contribution >= 4 is 11.8 Å². The second-order valence-electron chi connectivity index (χ2n) is 3.50. The zero-order valence-electron chi connectivity index (χ0n) is 9.39. The molecule has 0 spiro atoms. The van der Waals surface area contributed by atoms with Crippen molar-refractivity contribution in [2.24, 2.45) is 5.73 Å². The van der Waals surface area contributed by atoms with Crippen molar-refractivity contribution in [3.05, 3.63) is 0 Å². The molecule has 0 aliphatic heterocycles. The van der Waals surface area contributed by atoms with E-state index in [1.54, 1.807) is 0 Å². The molecule has 0 saturated heterocycles. The van der Waals surface area contributed by atoms with E-state index in [4.69, 9.17) is 15.9 Å². The van der Waals surface area contributed by atoms with Gasteiger partial charge in [0.25, 0.3) is 0 Å². The smallest absolute Gasteiger partial charge is 0.222 e. The number of carbonyl (C=O) groups is 2. The van der Waals surface area contributed by atoms with Crippen molar-refractivity contribution in [1.29, 1.82) is 0 Å². The van der Waals surface area contributed by atoms with Crippen molar-refractivity contribution in [2.45, 2.75) is 25.7 Å². The maximum absolute atomic E-state index is 11.6. The van der Waals surface area contributed by atoms with Crippen LogP contribution in [0.2, 0.25) is 0 Å². The van der Waals surface area contributed by atoms with E-state index in [0.717, 1.165) is 0 Å². The molecule has 94 valence electrons. The van der Waals surface area contributed by atoms with Gasteiger partial charge in [0, 0.05) is 25.9 Å². The summed E-state index contributed by atoms with van der Waals surface area (Å²) in [6, 6.07) is 0. The number of aliphatic hydroxyl groups excluding tert-OH is 2. The van der Waals surface area contributed by atoms with Crippen molar-refractivity contribution in [3.63, 3.8) is 0 Å². The molecule has 6 heteroatoms. The van der Waals surface area contributed by atoms with Gasteiger partial charge in [0.2, 0.25) is 11.8 Å². The van der Waals surface area contributed by atoms with Gasteiger partial charge in [-0.05, 0) is 12.8 Å². The van der Waals surface area contributed by atoms with E-state index in [9.17, 15) is 9.59 Å². The summed E-state index contributed by atoms with van der Waals surface area (Å²) in [7, 11) is 0. The molecule has 0 aromatic rings. The van der Waals surface area contributed by atoms with Crippen LogP contribution in [0.25, 0.3) is 0 Å². The van der Waals surface area contributed by atoms with Crippen molar-refractivity contribution < 1.29 is 19.8 Å². The molecule has 0 atom stereocenters. The van der Waals surface area contributed by atoms with Gasteiger partial charge in [-0.1, -0.05) is 0 Å². The highest BCUT2D eigenvalue weighted by atomic mass is 16.3. The molecule has 0 rings (SSSR count). The number of aliphatic hydroxyl groups is 2. The summed E-state index contributed by atoms with van der Waals surface area (Å²) in [5.74, 6) is -0.484. The van der Waals surface area contributed by atoms with Crippen molar-refractivity contribution in [2.75, 3.05) is 26.3 Å². The number of rotatable bonds is 9. The molecule has 0 fully saturated rings. The Balaban J connectivity index is 3.77. The first-order valence-corrected chi connectivity index (χ1v) is 5.39. The summed E-state index contributed by atoms with van der Waals surface area (Å²) in [5, 5.41) is 17.4. The van der Waals surface area contributed by atoms with Gasteiger partial charge in [0.05, 0.1) is 13.2 Å². The molecule has 6 nitrogen and oxygen atoms in total. The normalized spacial score (nSPS) is 10.1. The average molecular weight is 232 g/mol. The maximum Gasteiger partial charge on any atom is 0.222 e. The number of nitrogens with two attached hydrogens (primary N) is 1. The molecule has 0 aromatic heterocycles. The summed E-state index contributed by atoms with van der Waals surface area (Å²) in [4.78, 5) is 23.4. The summed E-state index contributed by atoms with van der Waals surface area (Å²) >= 11 is 0. The third-order valence-corrected chi connectivity index (χ3v) is 2.16. The third kappa shape index (κ3) is 7.19. The summed E-state index contributed by atoms with van der Waals surface area (Å²) in [6.45, 7) is 0.227. The average Bonchev–Trinajstić information content (AvgIpc) is 2.23. The molecule has 4 N–H and O–H groups in total. The Morgan fingerprint density at radius 2 is 1.50 bits per heavy atom. The first kappa shape index (κ1) is 14.9. The van der Waals surface area contributed by atoms with Gasteiger partial charge in [-0.15, -0.1) is 0 Å². The van der Waals surface area contributed by atoms with E-state index in [1.807, 2.05) is 0 Å². The summed E-state index contributed by atoms with van der Waals surface area (Å²) in [5.41, 5.74) is 4.96. The Kier molecular flexibility index (Phi) is 8.46. The molecule has 0 radical (unpaired) electrons. The highest BCUT2D eigenvalue weighted by Gasteiger charge is 2.11. The number of carbonyl (C=O) groups excluding carboxylic acids is 2. The van der Waals surface area contributed by atoms with Gasteiger partial charge >= 0.3 is 0 Å². The summed E-state index contributed by atoms with van der Waals surface area (Å²) in [6.07, 6.45) is 1.78. The van der Waals surface area contributed by atoms with Crippen LogP contribution in [0.3, 0.4) is 0 Å². The Morgan fingerprint density at radius 1 is 1.00 bits per heavy atom. The van der Waals surface area contributed by atoms with Crippen LogP contribution in [-0.4, -0.2) is 53.2 Å². The molecule has 0 saturated carbocycles. The molecule has 0 bridgehead atoms. The maximum atomic E-state index is 11.6. The first-order chi connectivity index (χ1) is 7.61. The molecule has 2 amide bonds. The predicted molar refractivity (Wildman–Crippen MR) is 58.4 cm³/mol. The molecular weight excluding hydrogens is 212 g/mol. The second-order valence-corrected chi connectivity index (χ2v) is 3.50. The fourth-order valence-electron chi connectivity index (χ4n) is 1.34. The predicted octanol–water partition coefficient (Wildman–Crippen LogP) is -1.15. The van der Waals surface area contributed by atoms with E-state index in [2.05, 4.69) is 0 Å². The lowest BCUT2D eigenvalue weighted by atomic mass is 10.1. The van der Waals surface area contributed by atoms with Crippen LogP contribution >= 0.6 is 0 Å². The van der Waals surface area contributed by atoms with Gasteiger partial charge in [-0.25, -0.2) is 0 Å². The lowest BCUT2D eigenvalue weighted by molar-refractivity contribution is -0.132. The van der Waals surface area contributed by atoms with Gasteiger partial charge in [0.1, 0.15) is 0 Å².